The quantitative estimate of drug-likeness (QED) is 0.780. The van der Waals surface area contributed by atoms with Gasteiger partial charge in [-0.3, -0.25) is 4.79 Å². The first-order valence-corrected chi connectivity index (χ1v) is 5.49. The maximum absolute atomic E-state index is 11.2. The number of amides is 1. The molecule has 3 rings (SSSR count). The molecule has 0 aromatic heterocycles. The minimum absolute atomic E-state index is 0.00167. The molecule has 1 N–H and O–H groups in total. The number of β-lactam (4-membered cyclic amide) rings is 1. The van der Waals surface area contributed by atoms with Crippen LogP contribution in [0, 0.1) is 5.92 Å². The lowest BCUT2D eigenvalue weighted by atomic mass is 9.78. The molecule has 1 aromatic carbocycles. The van der Waals surface area contributed by atoms with Gasteiger partial charge in [0.2, 0.25) is 5.91 Å². The molecule has 1 aliphatic carbocycles. The first-order chi connectivity index (χ1) is 7.75. The van der Waals surface area contributed by atoms with Crippen molar-refractivity contribution in [1.82, 2.24) is 5.32 Å². The first kappa shape index (κ1) is 9.46. The maximum Gasteiger partial charge on any atom is 0.233 e. The topological polar surface area (TPSA) is 38.3 Å². The molecular formula is C13H13NO2. The zero-order chi connectivity index (χ0) is 11.1. The van der Waals surface area contributed by atoms with Gasteiger partial charge in [-0.1, -0.05) is 30.3 Å². The molecule has 1 fully saturated rings. The largest absolute Gasteiger partial charge is 0.490 e. The number of ether oxygens (including phenoxy) is 1. The summed E-state index contributed by atoms with van der Waals surface area (Å²) in [5.41, 5.74) is 1.13. The molecule has 0 radical (unpaired) electrons. The molecule has 0 spiro atoms. The van der Waals surface area contributed by atoms with E-state index in [9.17, 15) is 4.79 Å². The van der Waals surface area contributed by atoms with Gasteiger partial charge in [-0.2, -0.15) is 0 Å². The van der Waals surface area contributed by atoms with Crippen LogP contribution in [0.15, 0.2) is 42.2 Å². The molecule has 82 valence electrons. The average molecular weight is 215 g/mol. The highest BCUT2D eigenvalue weighted by Crippen LogP contribution is 2.38. The van der Waals surface area contributed by atoms with Crippen molar-refractivity contribution in [2.24, 2.45) is 5.92 Å². The molecule has 3 atom stereocenters. The predicted octanol–water partition coefficient (Wildman–Crippen LogP) is 1.78. The fourth-order valence-corrected chi connectivity index (χ4v) is 2.12. The highest BCUT2D eigenvalue weighted by atomic mass is 16.5. The molecule has 1 amide bonds. The Balaban J connectivity index is 1.68. The van der Waals surface area contributed by atoms with Crippen molar-refractivity contribution in [3.8, 4) is 0 Å². The number of hydrogen-bond acceptors (Lipinski definition) is 2. The fourth-order valence-electron chi connectivity index (χ4n) is 2.12. The van der Waals surface area contributed by atoms with Crippen LogP contribution in [-0.2, 0) is 9.53 Å². The van der Waals surface area contributed by atoms with Crippen LogP contribution in [0.3, 0.4) is 0 Å². The second-order valence-corrected chi connectivity index (χ2v) is 4.25. The molecule has 3 nitrogen and oxygen atoms in total. The van der Waals surface area contributed by atoms with Crippen molar-refractivity contribution >= 4 is 5.91 Å². The fraction of sp³-hybridized carbons (Fsp3) is 0.308. The van der Waals surface area contributed by atoms with Gasteiger partial charge in [0.15, 0.2) is 0 Å². The van der Waals surface area contributed by atoms with E-state index in [-0.39, 0.29) is 24.0 Å². The van der Waals surface area contributed by atoms with E-state index < -0.39 is 0 Å². The smallest absolute Gasteiger partial charge is 0.233 e. The predicted molar refractivity (Wildman–Crippen MR) is 59.4 cm³/mol. The number of carbonyl (C=O) groups excluding carboxylic acids is 1. The van der Waals surface area contributed by atoms with Crippen LogP contribution in [0.4, 0.5) is 0 Å². The number of carbonyl (C=O) groups is 1. The lowest BCUT2D eigenvalue weighted by Crippen LogP contribution is -2.63. The molecular weight excluding hydrogens is 202 g/mol. The highest BCUT2D eigenvalue weighted by Gasteiger charge is 2.49. The molecule has 1 saturated heterocycles. The van der Waals surface area contributed by atoms with Crippen LogP contribution in [-0.4, -0.2) is 11.9 Å². The van der Waals surface area contributed by atoms with Gasteiger partial charge in [-0.25, -0.2) is 0 Å². The Morgan fingerprint density at radius 3 is 2.69 bits per heavy atom. The van der Waals surface area contributed by atoms with Gasteiger partial charge >= 0.3 is 0 Å². The monoisotopic (exact) mass is 215 g/mol. The van der Waals surface area contributed by atoms with E-state index in [4.69, 9.17) is 4.74 Å². The SMILES string of the molecule is C[C@H](OC1=C[C@H]2NC(=O)[C@H]12)c1ccccc1. The third-order valence-corrected chi connectivity index (χ3v) is 3.18. The van der Waals surface area contributed by atoms with Crippen molar-refractivity contribution < 1.29 is 9.53 Å². The van der Waals surface area contributed by atoms with Gasteiger partial charge < -0.3 is 10.1 Å². The van der Waals surface area contributed by atoms with E-state index in [1.807, 2.05) is 43.3 Å². The minimum atomic E-state index is -0.0221. The molecule has 1 aliphatic heterocycles. The molecule has 0 bridgehead atoms. The number of benzene rings is 1. The molecule has 0 saturated carbocycles. The summed E-state index contributed by atoms with van der Waals surface area (Å²) < 4.78 is 5.78. The van der Waals surface area contributed by atoms with Crippen LogP contribution in [0.2, 0.25) is 0 Å². The van der Waals surface area contributed by atoms with Crippen molar-refractivity contribution in [3.05, 3.63) is 47.7 Å². The summed E-state index contributed by atoms with van der Waals surface area (Å²) in [6.45, 7) is 2.00. The second kappa shape index (κ2) is 3.37. The summed E-state index contributed by atoms with van der Waals surface area (Å²) in [4.78, 5) is 11.2. The minimum Gasteiger partial charge on any atom is -0.490 e. The van der Waals surface area contributed by atoms with Crippen LogP contribution < -0.4 is 5.32 Å². The Morgan fingerprint density at radius 2 is 2.06 bits per heavy atom. The normalized spacial score (nSPS) is 27.8. The summed E-state index contributed by atoms with van der Waals surface area (Å²) in [5, 5.41) is 2.79. The number of rotatable bonds is 3. The highest BCUT2D eigenvalue weighted by molar-refractivity contribution is 5.91. The molecule has 16 heavy (non-hydrogen) atoms. The zero-order valence-corrected chi connectivity index (χ0v) is 9.01. The van der Waals surface area contributed by atoms with Crippen LogP contribution in [0.5, 0.6) is 0 Å². The molecule has 3 heteroatoms. The summed E-state index contributed by atoms with van der Waals surface area (Å²) in [6.07, 6.45) is 1.98. The third kappa shape index (κ3) is 1.32. The van der Waals surface area contributed by atoms with E-state index >= 15 is 0 Å². The summed E-state index contributed by atoms with van der Waals surface area (Å²) in [5.74, 6) is 0.888. The molecule has 1 heterocycles. The van der Waals surface area contributed by atoms with Crippen LogP contribution in [0.25, 0.3) is 0 Å². The van der Waals surface area contributed by atoms with Gasteiger partial charge in [-0.05, 0) is 18.6 Å². The van der Waals surface area contributed by atoms with Crippen molar-refractivity contribution in [2.75, 3.05) is 0 Å². The van der Waals surface area contributed by atoms with Crippen molar-refractivity contribution in [1.29, 1.82) is 0 Å². The third-order valence-electron chi connectivity index (χ3n) is 3.18. The Morgan fingerprint density at radius 1 is 1.31 bits per heavy atom. The van der Waals surface area contributed by atoms with E-state index in [2.05, 4.69) is 5.32 Å². The summed E-state index contributed by atoms with van der Waals surface area (Å²) >= 11 is 0. The Hall–Kier alpha value is -1.77. The van der Waals surface area contributed by atoms with Gasteiger partial charge in [0, 0.05) is 0 Å². The van der Waals surface area contributed by atoms with Gasteiger partial charge in [0.05, 0.1) is 6.04 Å². The number of fused-ring (bicyclic) bond motifs is 1. The van der Waals surface area contributed by atoms with E-state index in [0.717, 1.165) is 11.3 Å². The molecule has 0 unspecified atom stereocenters. The summed E-state index contributed by atoms with van der Waals surface area (Å²) in [6, 6.07) is 10.2. The van der Waals surface area contributed by atoms with Crippen LogP contribution >= 0.6 is 0 Å². The van der Waals surface area contributed by atoms with Gasteiger partial charge in [0.25, 0.3) is 0 Å². The zero-order valence-electron chi connectivity index (χ0n) is 9.01. The molecule has 2 aliphatic rings. The Bertz CT molecular complexity index is 452. The van der Waals surface area contributed by atoms with E-state index in [1.54, 1.807) is 0 Å². The lowest BCUT2D eigenvalue weighted by Gasteiger charge is -2.44. The summed E-state index contributed by atoms with van der Waals surface area (Å²) in [7, 11) is 0. The number of nitrogens with one attached hydrogen (secondary N) is 1. The molecule has 1 aromatic rings. The second-order valence-electron chi connectivity index (χ2n) is 4.25. The van der Waals surface area contributed by atoms with Gasteiger partial charge in [-0.15, -0.1) is 0 Å². The number of hydrogen-bond donors (Lipinski definition) is 1. The first-order valence-electron chi connectivity index (χ1n) is 5.49. The lowest BCUT2D eigenvalue weighted by molar-refractivity contribution is -0.136. The van der Waals surface area contributed by atoms with Crippen LogP contribution in [0.1, 0.15) is 18.6 Å². The van der Waals surface area contributed by atoms with E-state index in [1.165, 1.54) is 0 Å². The maximum atomic E-state index is 11.2. The van der Waals surface area contributed by atoms with E-state index in [0.29, 0.717) is 0 Å². The Kier molecular flexibility index (Phi) is 1.99. The average Bonchev–Trinajstić information content (AvgIpc) is 2.27. The van der Waals surface area contributed by atoms with Gasteiger partial charge in [0.1, 0.15) is 17.8 Å². The Labute approximate surface area is 94.1 Å². The van der Waals surface area contributed by atoms with Crippen molar-refractivity contribution in [3.63, 3.8) is 0 Å². The van der Waals surface area contributed by atoms with Crippen molar-refractivity contribution in [2.45, 2.75) is 19.1 Å². The standard InChI is InChI=1S/C13H13NO2/c1-8(9-5-3-2-4-6-9)16-11-7-10-12(11)13(15)14-10/h2-8,10,12H,1H3,(H,14,15)/t8-,10+,12-/m0/s1.